The summed E-state index contributed by atoms with van der Waals surface area (Å²) in [5, 5.41) is 9.04. The molecular formula is C14H17NO2. The topological polar surface area (TPSA) is 42.2 Å². The van der Waals surface area contributed by atoms with E-state index in [-0.39, 0.29) is 12.2 Å². The van der Waals surface area contributed by atoms with Crippen molar-refractivity contribution < 1.29 is 9.47 Å². The summed E-state index contributed by atoms with van der Waals surface area (Å²) in [5.41, 5.74) is 1.61. The summed E-state index contributed by atoms with van der Waals surface area (Å²) in [4.78, 5) is 0. The first-order valence-electron chi connectivity index (χ1n) is 6.07. The van der Waals surface area contributed by atoms with Gasteiger partial charge in [0.1, 0.15) is 6.10 Å². The molecule has 2 rings (SSSR count). The van der Waals surface area contributed by atoms with E-state index in [1.165, 1.54) is 0 Å². The summed E-state index contributed by atoms with van der Waals surface area (Å²) in [7, 11) is 0. The van der Waals surface area contributed by atoms with Crippen LogP contribution in [0.2, 0.25) is 0 Å². The van der Waals surface area contributed by atoms with Crippen LogP contribution < -0.4 is 0 Å². The normalized spacial score (nSPS) is 24.2. The molecule has 90 valence electrons. The summed E-state index contributed by atoms with van der Waals surface area (Å²) in [6.45, 7) is 3.31. The van der Waals surface area contributed by atoms with Crippen LogP contribution in [0.3, 0.4) is 0 Å². The lowest BCUT2D eigenvalue weighted by Crippen LogP contribution is -2.31. The second-order valence-electron chi connectivity index (χ2n) is 4.27. The molecule has 1 fully saturated rings. The monoisotopic (exact) mass is 231 g/mol. The third kappa shape index (κ3) is 2.85. The van der Waals surface area contributed by atoms with Gasteiger partial charge in [-0.05, 0) is 12.5 Å². The van der Waals surface area contributed by atoms with Crippen molar-refractivity contribution in [2.24, 2.45) is 0 Å². The van der Waals surface area contributed by atoms with Crippen LogP contribution in [0.25, 0.3) is 0 Å². The molecular weight excluding hydrogens is 214 g/mol. The molecule has 0 radical (unpaired) electrons. The van der Waals surface area contributed by atoms with Crippen molar-refractivity contribution in [2.75, 3.05) is 13.2 Å². The number of rotatable bonds is 3. The highest BCUT2D eigenvalue weighted by atomic mass is 16.6. The van der Waals surface area contributed by atoms with E-state index in [0.29, 0.717) is 18.8 Å². The Morgan fingerprint density at radius 1 is 1.29 bits per heavy atom. The van der Waals surface area contributed by atoms with Gasteiger partial charge in [-0.2, -0.15) is 5.26 Å². The fourth-order valence-corrected chi connectivity index (χ4v) is 2.09. The van der Waals surface area contributed by atoms with Gasteiger partial charge in [-0.25, -0.2) is 0 Å². The molecule has 3 nitrogen and oxygen atoms in total. The summed E-state index contributed by atoms with van der Waals surface area (Å²) in [6.07, 6.45) is 2.25. The Morgan fingerprint density at radius 3 is 2.76 bits per heavy atom. The standard InChI is InChI=1S/C14H17NO2/c1-2-5-12-9-17-14(10-16-12)13-7-4-3-6-11(13)8-15/h3-4,6-7,12,14H,2,5,9-10H2,1H3. The van der Waals surface area contributed by atoms with E-state index >= 15 is 0 Å². The van der Waals surface area contributed by atoms with Crippen molar-refractivity contribution in [2.45, 2.75) is 32.0 Å². The summed E-state index contributed by atoms with van der Waals surface area (Å²) >= 11 is 0. The molecule has 1 aromatic carbocycles. The van der Waals surface area contributed by atoms with Gasteiger partial charge in [-0.3, -0.25) is 0 Å². The van der Waals surface area contributed by atoms with Gasteiger partial charge in [0.2, 0.25) is 0 Å². The molecule has 0 spiro atoms. The van der Waals surface area contributed by atoms with Gasteiger partial charge in [0, 0.05) is 5.56 Å². The van der Waals surface area contributed by atoms with Crippen molar-refractivity contribution in [3.05, 3.63) is 35.4 Å². The van der Waals surface area contributed by atoms with Crippen LogP contribution in [0.4, 0.5) is 0 Å². The van der Waals surface area contributed by atoms with Gasteiger partial charge < -0.3 is 9.47 Å². The fraction of sp³-hybridized carbons (Fsp3) is 0.500. The van der Waals surface area contributed by atoms with Crippen LogP contribution in [0, 0.1) is 11.3 Å². The van der Waals surface area contributed by atoms with Crippen molar-refractivity contribution in [1.82, 2.24) is 0 Å². The van der Waals surface area contributed by atoms with Crippen molar-refractivity contribution in [3.8, 4) is 6.07 Å². The van der Waals surface area contributed by atoms with Crippen molar-refractivity contribution in [1.29, 1.82) is 5.26 Å². The smallest absolute Gasteiger partial charge is 0.107 e. The minimum Gasteiger partial charge on any atom is -0.373 e. The predicted octanol–water partition coefficient (Wildman–Crippen LogP) is 2.81. The number of ether oxygens (including phenoxy) is 2. The lowest BCUT2D eigenvalue weighted by atomic mass is 10.0. The first-order chi connectivity index (χ1) is 8.35. The van der Waals surface area contributed by atoms with E-state index in [2.05, 4.69) is 13.0 Å². The maximum Gasteiger partial charge on any atom is 0.107 e. The maximum atomic E-state index is 9.04. The Morgan fingerprint density at radius 2 is 2.12 bits per heavy atom. The molecule has 0 N–H and O–H groups in total. The number of nitrogens with zero attached hydrogens (tertiary/aromatic N) is 1. The van der Waals surface area contributed by atoms with Crippen LogP contribution in [0.15, 0.2) is 24.3 Å². The molecule has 1 saturated heterocycles. The highest BCUT2D eigenvalue weighted by Gasteiger charge is 2.24. The fourth-order valence-electron chi connectivity index (χ4n) is 2.09. The Bertz CT molecular complexity index is 403. The van der Waals surface area contributed by atoms with Crippen LogP contribution in [0.5, 0.6) is 0 Å². The second-order valence-corrected chi connectivity index (χ2v) is 4.27. The van der Waals surface area contributed by atoms with Gasteiger partial charge in [0.05, 0.1) is 31.0 Å². The van der Waals surface area contributed by atoms with E-state index in [1.54, 1.807) is 0 Å². The predicted molar refractivity (Wildman–Crippen MR) is 64.5 cm³/mol. The quantitative estimate of drug-likeness (QED) is 0.803. The third-order valence-electron chi connectivity index (χ3n) is 3.01. The summed E-state index contributed by atoms with van der Waals surface area (Å²) < 4.78 is 11.5. The zero-order valence-corrected chi connectivity index (χ0v) is 10.1. The largest absolute Gasteiger partial charge is 0.373 e. The molecule has 0 aromatic heterocycles. The third-order valence-corrected chi connectivity index (χ3v) is 3.01. The Hall–Kier alpha value is -1.37. The second kappa shape index (κ2) is 5.81. The van der Waals surface area contributed by atoms with Crippen LogP contribution in [-0.2, 0) is 9.47 Å². The van der Waals surface area contributed by atoms with Gasteiger partial charge >= 0.3 is 0 Å². The van der Waals surface area contributed by atoms with Gasteiger partial charge in [-0.1, -0.05) is 31.5 Å². The molecule has 1 aliphatic heterocycles. The van der Waals surface area contributed by atoms with Crippen molar-refractivity contribution >= 4 is 0 Å². The first kappa shape index (κ1) is 12.1. The molecule has 0 aliphatic carbocycles. The van der Waals surface area contributed by atoms with E-state index in [9.17, 15) is 0 Å². The molecule has 2 unspecified atom stereocenters. The highest BCUT2D eigenvalue weighted by molar-refractivity contribution is 5.38. The average molecular weight is 231 g/mol. The lowest BCUT2D eigenvalue weighted by Gasteiger charge is -2.30. The molecule has 0 saturated carbocycles. The Balaban J connectivity index is 2.03. The van der Waals surface area contributed by atoms with Gasteiger partial charge in [0.25, 0.3) is 0 Å². The molecule has 1 heterocycles. The van der Waals surface area contributed by atoms with Gasteiger partial charge in [0.15, 0.2) is 0 Å². The van der Waals surface area contributed by atoms with E-state index in [1.807, 2.05) is 24.3 Å². The van der Waals surface area contributed by atoms with Crippen molar-refractivity contribution in [3.63, 3.8) is 0 Å². The molecule has 1 aliphatic rings. The summed E-state index contributed by atoms with van der Waals surface area (Å²) in [5.74, 6) is 0. The zero-order valence-electron chi connectivity index (χ0n) is 10.1. The number of benzene rings is 1. The molecule has 0 amide bonds. The molecule has 17 heavy (non-hydrogen) atoms. The van der Waals surface area contributed by atoms with E-state index in [4.69, 9.17) is 14.7 Å². The highest BCUT2D eigenvalue weighted by Crippen LogP contribution is 2.26. The molecule has 3 heteroatoms. The molecule has 2 atom stereocenters. The number of hydrogen-bond donors (Lipinski definition) is 0. The Labute approximate surface area is 102 Å². The van der Waals surface area contributed by atoms with Crippen LogP contribution in [-0.4, -0.2) is 19.3 Å². The van der Waals surface area contributed by atoms with Crippen LogP contribution in [0.1, 0.15) is 37.0 Å². The van der Waals surface area contributed by atoms with E-state index < -0.39 is 0 Å². The van der Waals surface area contributed by atoms with E-state index in [0.717, 1.165) is 18.4 Å². The minimum atomic E-state index is -0.0982. The number of nitriles is 1. The number of hydrogen-bond acceptors (Lipinski definition) is 3. The first-order valence-corrected chi connectivity index (χ1v) is 6.07. The molecule has 0 bridgehead atoms. The Kier molecular flexibility index (Phi) is 4.13. The average Bonchev–Trinajstić information content (AvgIpc) is 2.40. The summed E-state index contributed by atoms with van der Waals surface area (Å²) in [6, 6.07) is 9.74. The zero-order chi connectivity index (χ0) is 12.1. The molecule has 1 aromatic rings. The SMILES string of the molecule is CCCC1COC(c2ccccc2C#N)CO1. The van der Waals surface area contributed by atoms with Gasteiger partial charge in [-0.15, -0.1) is 0 Å². The van der Waals surface area contributed by atoms with Crippen LogP contribution >= 0.6 is 0 Å². The lowest BCUT2D eigenvalue weighted by molar-refractivity contribution is -0.137. The minimum absolute atomic E-state index is 0.0982. The maximum absolute atomic E-state index is 9.04.